The predicted molar refractivity (Wildman–Crippen MR) is 122 cm³/mol. The molecule has 4 heterocycles. The molecule has 1 N–H and O–H groups in total. The van der Waals surface area contributed by atoms with E-state index >= 15 is 0 Å². The third-order valence-corrected chi connectivity index (χ3v) is 5.92. The second kappa shape index (κ2) is 7.92. The van der Waals surface area contributed by atoms with Crippen LogP contribution in [0.5, 0.6) is 0 Å². The number of nitrogens with zero attached hydrogens (tertiary/aromatic N) is 6. The van der Waals surface area contributed by atoms with Crippen LogP contribution in [0.1, 0.15) is 11.6 Å². The van der Waals surface area contributed by atoms with Crippen LogP contribution in [0, 0.1) is 5.82 Å². The molecule has 1 aliphatic rings. The van der Waals surface area contributed by atoms with Gasteiger partial charge in [0.1, 0.15) is 30.6 Å². The summed E-state index contributed by atoms with van der Waals surface area (Å²) in [5, 5.41) is 11.4. The van der Waals surface area contributed by atoms with Crippen LogP contribution in [0.25, 0.3) is 28.2 Å². The average Bonchev–Trinajstić information content (AvgIpc) is 3.59. The van der Waals surface area contributed by atoms with Crippen molar-refractivity contribution in [3.63, 3.8) is 0 Å². The number of halogens is 2. The third kappa shape index (κ3) is 3.35. The van der Waals surface area contributed by atoms with Crippen molar-refractivity contribution < 1.29 is 13.9 Å². The number of hydrogen-bond donors (Lipinski definition) is 1. The summed E-state index contributed by atoms with van der Waals surface area (Å²) in [5.41, 5.74) is 2.81. The SMILES string of the molecule is O=C1OC[C@@H](c2ccc(Cl)cc2)N1c1ccn2ncc(-c3ccc(-c4nc[nH]n4)c(F)c3)c2n1. The number of aromatic amines is 1. The Kier molecular flexibility index (Phi) is 4.73. The number of hydrogen-bond acceptors (Lipinski definition) is 6. The third-order valence-electron chi connectivity index (χ3n) is 5.67. The molecule has 3 aromatic heterocycles. The van der Waals surface area contributed by atoms with Crippen molar-refractivity contribution in [2.45, 2.75) is 6.04 Å². The van der Waals surface area contributed by atoms with Gasteiger partial charge in [-0.25, -0.2) is 23.7 Å². The van der Waals surface area contributed by atoms with E-state index in [1.807, 2.05) is 12.1 Å². The second-order valence-corrected chi connectivity index (χ2v) is 8.08. The van der Waals surface area contributed by atoms with Gasteiger partial charge in [0.2, 0.25) is 0 Å². The van der Waals surface area contributed by atoms with Gasteiger partial charge in [0.05, 0.1) is 11.8 Å². The van der Waals surface area contributed by atoms with Crippen molar-refractivity contribution >= 4 is 29.2 Å². The average molecular weight is 476 g/mol. The van der Waals surface area contributed by atoms with Crippen molar-refractivity contribution in [2.75, 3.05) is 11.5 Å². The maximum Gasteiger partial charge on any atom is 0.416 e. The molecule has 0 unspecified atom stereocenters. The number of fused-ring (bicyclic) bond motifs is 1. The Bertz CT molecular complexity index is 1520. The first-order valence-electron chi connectivity index (χ1n) is 10.3. The number of anilines is 1. The summed E-state index contributed by atoms with van der Waals surface area (Å²) in [6.07, 6.45) is 4.19. The van der Waals surface area contributed by atoms with Gasteiger partial charge >= 0.3 is 6.09 Å². The lowest BCUT2D eigenvalue weighted by Crippen LogP contribution is -2.28. The fraction of sp³-hybridized carbons (Fsp3) is 0.0870. The van der Waals surface area contributed by atoms with Gasteiger partial charge in [-0.3, -0.25) is 10.00 Å². The zero-order valence-corrected chi connectivity index (χ0v) is 18.1. The molecule has 0 bridgehead atoms. The molecular formula is C23H15ClFN7O2. The lowest BCUT2D eigenvalue weighted by Gasteiger charge is -2.21. The minimum atomic E-state index is -0.500. The van der Waals surface area contributed by atoms with Crippen LogP contribution in [-0.2, 0) is 4.74 Å². The highest BCUT2D eigenvalue weighted by Crippen LogP contribution is 2.34. The maximum absolute atomic E-state index is 14.8. The molecular weight excluding hydrogens is 461 g/mol. The van der Waals surface area contributed by atoms with Gasteiger partial charge in [0, 0.05) is 16.8 Å². The zero-order valence-electron chi connectivity index (χ0n) is 17.4. The summed E-state index contributed by atoms with van der Waals surface area (Å²) in [7, 11) is 0. The minimum absolute atomic E-state index is 0.188. The van der Waals surface area contributed by atoms with E-state index in [-0.39, 0.29) is 24.0 Å². The number of aromatic nitrogens is 6. The van der Waals surface area contributed by atoms with E-state index in [9.17, 15) is 9.18 Å². The molecule has 1 saturated heterocycles. The molecule has 5 aromatic rings. The van der Waals surface area contributed by atoms with E-state index in [1.165, 1.54) is 17.3 Å². The van der Waals surface area contributed by atoms with E-state index in [4.69, 9.17) is 16.3 Å². The Morgan fingerprint density at radius 3 is 2.74 bits per heavy atom. The van der Waals surface area contributed by atoms with Crippen molar-refractivity contribution in [1.82, 2.24) is 29.8 Å². The van der Waals surface area contributed by atoms with Gasteiger partial charge in [0.15, 0.2) is 11.5 Å². The van der Waals surface area contributed by atoms with Crippen molar-refractivity contribution in [3.05, 3.63) is 83.7 Å². The first-order valence-corrected chi connectivity index (χ1v) is 10.7. The molecule has 9 nitrogen and oxygen atoms in total. The summed E-state index contributed by atoms with van der Waals surface area (Å²) < 4.78 is 21.7. The molecule has 0 aliphatic carbocycles. The van der Waals surface area contributed by atoms with Crippen LogP contribution in [-0.4, -0.2) is 42.5 Å². The highest BCUT2D eigenvalue weighted by atomic mass is 35.5. The highest BCUT2D eigenvalue weighted by Gasteiger charge is 2.36. The molecule has 0 spiro atoms. The predicted octanol–water partition coefficient (Wildman–Crippen LogP) is 4.67. The zero-order chi connectivity index (χ0) is 23.2. The quantitative estimate of drug-likeness (QED) is 0.405. The van der Waals surface area contributed by atoms with Gasteiger partial charge in [0.25, 0.3) is 0 Å². The molecule has 1 amide bonds. The number of nitrogens with one attached hydrogen (secondary N) is 1. The molecule has 11 heteroatoms. The lowest BCUT2D eigenvalue weighted by molar-refractivity contribution is 0.179. The Balaban J connectivity index is 1.40. The number of rotatable bonds is 4. The molecule has 6 rings (SSSR count). The van der Waals surface area contributed by atoms with E-state index < -0.39 is 11.9 Å². The molecule has 168 valence electrons. The highest BCUT2D eigenvalue weighted by molar-refractivity contribution is 6.30. The van der Waals surface area contributed by atoms with Crippen LogP contribution in [0.4, 0.5) is 15.0 Å². The Hall–Kier alpha value is -4.31. The van der Waals surface area contributed by atoms with E-state index in [1.54, 1.807) is 47.2 Å². The van der Waals surface area contributed by atoms with E-state index in [0.717, 1.165) is 5.56 Å². The molecule has 2 aromatic carbocycles. The summed E-state index contributed by atoms with van der Waals surface area (Å²) in [5.74, 6) is 0.193. The van der Waals surface area contributed by atoms with Gasteiger partial charge in [-0.1, -0.05) is 29.8 Å². The largest absolute Gasteiger partial charge is 0.447 e. The summed E-state index contributed by atoms with van der Waals surface area (Å²) >= 11 is 6.01. The fourth-order valence-corrected chi connectivity index (χ4v) is 4.13. The number of ether oxygens (including phenoxy) is 1. The van der Waals surface area contributed by atoms with E-state index in [0.29, 0.717) is 27.6 Å². The first kappa shape index (κ1) is 20.3. The molecule has 0 radical (unpaired) electrons. The first-order chi connectivity index (χ1) is 16.6. The number of carbonyl (C=O) groups excluding carboxylic acids is 1. The van der Waals surface area contributed by atoms with Crippen LogP contribution >= 0.6 is 11.6 Å². The van der Waals surface area contributed by atoms with Gasteiger partial charge in [-0.05, 0) is 41.5 Å². The molecule has 1 atom stereocenters. The molecule has 1 aliphatic heterocycles. The number of carbonyl (C=O) groups is 1. The Morgan fingerprint density at radius 2 is 1.97 bits per heavy atom. The van der Waals surface area contributed by atoms with Crippen LogP contribution < -0.4 is 4.90 Å². The monoisotopic (exact) mass is 475 g/mol. The Morgan fingerprint density at radius 1 is 1.12 bits per heavy atom. The maximum atomic E-state index is 14.8. The van der Waals surface area contributed by atoms with Gasteiger partial charge < -0.3 is 4.74 Å². The van der Waals surface area contributed by atoms with Gasteiger partial charge in [-0.15, -0.1) is 0 Å². The van der Waals surface area contributed by atoms with Gasteiger partial charge in [-0.2, -0.15) is 10.2 Å². The molecule has 34 heavy (non-hydrogen) atoms. The normalized spacial score (nSPS) is 15.8. The number of benzene rings is 2. The number of amides is 1. The molecule has 1 fully saturated rings. The van der Waals surface area contributed by atoms with Crippen LogP contribution in [0.15, 0.2) is 67.3 Å². The van der Waals surface area contributed by atoms with Crippen molar-refractivity contribution in [3.8, 4) is 22.5 Å². The Labute approximate surface area is 196 Å². The fourth-order valence-electron chi connectivity index (χ4n) is 4.00. The smallest absolute Gasteiger partial charge is 0.416 e. The number of cyclic esters (lactones) is 1. The molecule has 0 saturated carbocycles. The lowest BCUT2D eigenvalue weighted by atomic mass is 10.1. The topological polar surface area (TPSA) is 101 Å². The summed E-state index contributed by atoms with van der Waals surface area (Å²) in [6, 6.07) is 13.3. The van der Waals surface area contributed by atoms with Crippen LogP contribution in [0.2, 0.25) is 5.02 Å². The number of H-pyrrole nitrogens is 1. The standard InChI is InChI=1S/C23H15ClFN7O2/c24-15-4-1-13(2-5-15)19-11-34-23(33)32(19)20-7-8-31-22(29-20)17(10-28-31)14-3-6-16(18(25)9-14)21-26-12-27-30-21/h1-10,12,19H,11H2,(H,26,27,30)/t19-/m0/s1. The summed E-state index contributed by atoms with van der Waals surface area (Å²) in [4.78, 5) is 22.8. The van der Waals surface area contributed by atoms with Crippen LogP contribution in [0.3, 0.4) is 0 Å². The summed E-state index contributed by atoms with van der Waals surface area (Å²) in [6.45, 7) is 0.188. The van der Waals surface area contributed by atoms with E-state index in [2.05, 4.69) is 25.3 Å². The van der Waals surface area contributed by atoms with Crippen molar-refractivity contribution in [2.24, 2.45) is 0 Å². The van der Waals surface area contributed by atoms with Crippen molar-refractivity contribution in [1.29, 1.82) is 0 Å². The minimum Gasteiger partial charge on any atom is -0.447 e. The second-order valence-electron chi connectivity index (χ2n) is 7.64.